The van der Waals surface area contributed by atoms with Crippen LogP contribution in [0.2, 0.25) is 0 Å². The van der Waals surface area contributed by atoms with E-state index in [9.17, 15) is 4.79 Å². The highest BCUT2D eigenvalue weighted by Gasteiger charge is 2.16. The van der Waals surface area contributed by atoms with E-state index >= 15 is 0 Å². The van der Waals surface area contributed by atoms with Crippen LogP contribution in [-0.2, 0) is 4.79 Å². The first-order chi connectivity index (χ1) is 6.61. The SMILES string of the molecule is C[C@H](O)CNC(=O)C(N)c1cccs1. The summed E-state index contributed by atoms with van der Waals surface area (Å²) in [5.74, 6) is -0.256. The summed E-state index contributed by atoms with van der Waals surface area (Å²) in [5, 5.41) is 13.4. The molecule has 0 saturated heterocycles. The number of carbonyl (C=O) groups is 1. The van der Waals surface area contributed by atoms with Gasteiger partial charge in [-0.05, 0) is 18.4 Å². The number of carbonyl (C=O) groups excluding carboxylic acids is 1. The lowest BCUT2D eigenvalue weighted by Crippen LogP contribution is -2.37. The van der Waals surface area contributed by atoms with E-state index in [1.165, 1.54) is 11.3 Å². The Bertz CT molecular complexity index is 285. The molecule has 4 N–H and O–H groups in total. The Morgan fingerprint density at radius 3 is 3.00 bits per heavy atom. The molecule has 1 amide bonds. The molecule has 0 aromatic carbocycles. The van der Waals surface area contributed by atoms with Gasteiger partial charge in [0.1, 0.15) is 6.04 Å². The number of aliphatic hydroxyl groups is 1. The van der Waals surface area contributed by atoms with Gasteiger partial charge in [-0.15, -0.1) is 11.3 Å². The number of nitrogens with one attached hydrogen (secondary N) is 1. The zero-order chi connectivity index (χ0) is 10.6. The highest BCUT2D eigenvalue weighted by Crippen LogP contribution is 2.16. The monoisotopic (exact) mass is 214 g/mol. The van der Waals surface area contributed by atoms with Crippen LogP contribution in [0.4, 0.5) is 0 Å². The number of aliphatic hydroxyl groups excluding tert-OH is 1. The van der Waals surface area contributed by atoms with Crippen molar-refractivity contribution in [1.82, 2.24) is 5.32 Å². The molecule has 0 aliphatic carbocycles. The standard InChI is InChI=1S/C9H14N2O2S/c1-6(12)5-11-9(13)8(10)7-3-2-4-14-7/h2-4,6,8,12H,5,10H2,1H3,(H,11,13)/t6-,8?/m0/s1. The fourth-order valence-electron chi connectivity index (χ4n) is 0.956. The van der Waals surface area contributed by atoms with E-state index in [4.69, 9.17) is 10.8 Å². The third-order valence-corrected chi connectivity index (χ3v) is 2.66. The van der Waals surface area contributed by atoms with Gasteiger partial charge in [0.05, 0.1) is 6.10 Å². The molecule has 0 fully saturated rings. The molecule has 0 bridgehead atoms. The van der Waals surface area contributed by atoms with Gasteiger partial charge in [0.15, 0.2) is 0 Å². The molecule has 5 heteroatoms. The Kier molecular flexibility index (Phi) is 4.06. The molecule has 0 spiro atoms. The summed E-state index contributed by atoms with van der Waals surface area (Å²) in [4.78, 5) is 12.2. The van der Waals surface area contributed by atoms with Gasteiger partial charge in [-0.2, -0.15) is 0 Å². The summed E-state index contributed by atoms with van der Waals surface area (Å²) < 4.78 is 0. The molecule has 0 radical (unpaired) electrons. The molecule has 0 aliphatic rings. The van der Waals surface area contributed by atoms with Crippen LogP contribution in [0.1, 0.15) is 17.8 Å². The van der Waals surface area contributed by atoms with Crippen molar-refractivity contribution >= 4 is 17.2 Å². The zero-order valence-corrected chi connectivity index (χ0v) is 8.75. The average molecular weight is 214 g/mol. The number of nitrogens with two attached hydrogens (primary N) is 1. The first-order valence-electron chi connectivity index (χ1n) is 4.36. The normalized spacial score (nSPS) is 14.8. The van der Waals surface area contributed by atoms with Crippen LogP contribution in [0.15, 0.2) is 17.5 Å². The van der Waals surface area contributed by atoms with E-state index in [1.807, 2.05) is 17.5 Å². The van der Waals surface area contributed by atoms with Gasteiger partial charge in [0, 0.05) is 11.4 Å². The van der Waals surface area contributed by atoms with Crippen LogP contribution in [0.3, 0.4) is 0 Å². The molecule has 4 nitrogen and oxygen atoms in total. The zero-order valence-electron chi connectivity index (χ0n) is 7.93. The van der Waals surface area contributed by atoms with Gasteiger partial charge >= 0.3 is 0 Å². The van der Waals surface area contributed by atoms with Gasteiger partial charge < -0.3 is 16.2 Å². The smallest absolute Gasteiger partial charge is 0.242 e. The number of hydrogen-bond donors (Lipinski definition) is 3. The molecule has 78 valence electrons. The number of hydrogen-bond acceptors (Lipinski definition) is 4. The third kappa shape index (κ3) is 3.10. The van der Waals surface area contributed by atoms with Crippen molar-refractivity contribution in [2.24, 2.45) is 5.73 Å². The minimum Gasteiger partial charge on any atom is -0.392 e. The van der Waals surface area contributed by atoms with Crippen molar-refractivity contribution in [2.45, 2.75) is 19.1 Å². The Morgan fingerprint density at radius 1 is 1.79 bits per heavy atom. The Labute approximate surface area is 86.7 Å². The minimum absolute atomic E-state index is 0.234. The lowest BCUT2D eigenvalue weighted by Gasteiger charge is -2.11. The van der Waals surface area contributed by atoms with Crippen molar-refractivity contribution in [3.8, 4) is 0 Å². The van der Waals surface area contributed by atoms with E-state index in [0.717, 1.165) is 4.88 Å². The van der Waals surface area contributed by atoms with E-state index < -0.39 is 12.1 Å². The number of amides is 1. The van der Waals surface area contributed by atoms with Gasteiger partial charge in [0.2, 0.25) is 5.91 Å². The molecule has 14 heavy (non-hydrogen) atoms. The molecule has 1 aromatic heterocycles. The maximum absolute atomic E-state index is 11.4. The average Bonchev–Trinajstić information content (AvgIpc) is 2.65. The highest BCUT2D eigenvalue weighted by molar-refractivity contribution is 7.10. The lowest BCUT2D eigenvalue weighted by molar-refractivity contribution is -0.122. The summed E-state index contributed by atoms with van der Waals surface area (Å²) in [6.07, 6.45) is -0.547. The molecule has 1 heterocycles. The molecule has 1 rings (SSSR count). The van der Waals surface area contributed by atoms with Gasteiger partial charge in [-0.3, -0.25) is 4.79 Å². The van der Waals surface area contributed by atoms with Gasteiger partial charge in [-0.1, -0.05) is 6.07 Å². The van der Waals surface area contributed by atoms with Crippen molar-refractivity contribution in [2.75, 3.05) is 6.54 Å². The summed E-state index contributed by atoms with van der Waals surface area (Å²) in [5.41, 5.74) is 5.69. The largest absolute Gasteiger partial charge is 0.392 e. The van der Waals surface area contributed by atoms with Crippen LogP contribution < -0.4 is 11.1 Å². The Morgan fingerprint density at radius 2 is 2.50 bits per heavy atom. The molecule has 1 unspecified atom stereocenters. The van der Waals surface area contributed by atoms with Gasteiger partial charge in [0.25, 0.3) is 0 Å². The van der Waals surface area contributed by atoms with E-state index in [1.54, 1.807) is 6.92 Å². The van der Waals surface area contributed by atoms with Crippen molar-refractivity contribution < 1.29 is 9.90 Å². The highest BCUT2D eigenvalue weighted by atomic mass is 32.1. The predicted octanol–water partition coefficient (Wildman–Crippen LogP) is 0.245. The van der Waals surface area contributed by atoms with Crippen LogP contribution in [0, 0.1) is 0 Å². The quantitative estimate of drug-likeness (QED) is 0.672. The topological polar surface area (TPSA) is 75.3 Å². The lowest BCUT2D eigenvalue weighted by atomic mass is 10.2. The summed E-state index contributed by atoms with van der Waals surface area (Å²) >= 11 is 1.45. The molecule has 0 aliphatic heterocycles. The Balaban J connectivity index is 2.45. The van der Waals surface area contributed by atoms with Crippen molar-refractivity contribution in [3.05, 3.63) is 22.4 Å². The van der Waals surface area contributed by atoms with E-state index in [0.29, 0.717) is 0 Å². The van der Waals surface area contributed by atoms with Gasteiger partial charge in [-0.25, -0.2) is 0 Å². The van der Waals surface area contributed by atoms with Crippen LogP contribution >= 0.6 is 11.3 Å². The molecule has 2 atom stereocenters. The van der Waals surface area contributed by atoms with Crippen LogP contribution in [-0.4, -0.2) is 23.7 Å². The fourth-order valence-corrected chi connectivity index (χ4v) is 1.68. The second-order valence-corrected chi connectivity index (χ2v) is 4.07. The molecule has 1 aromatic rings. The summed E-state index contributed by atoms with van der Waals surface area (Å²) in [6, 6.07) is 3.03. The number of thiophene rings is 1. The fraction of sp³-hybridized carbons (Fsp3) is 0.444. The Hall–Kier alpha value is -0.910. The van der Waals surface area contributed by atoms with E-state index in [2.05, 4.69) is 5.32 Å². The van der Waals surface area contributed by atoms with Crippen molar-refractivity contribution in [3.63, 3.8) is 0 Å². The summed E-state index contributed by atoms with van der Waals surface area (Å²) in [6.45, 7) is 1.84. The minimum atomic E-state index is -0.631. The molecular weight excluding hydrogens is 200 g/mol. The maximum atomic E-state index is 11.4. The van der Waals surface area contributed by atoms with E-state index in [-0.39, 0.29) is 12.5 Å². The van der Waals surface area contributed by atoms with Crippen LogP contribution in [0.25, 0.3) is 0 Å². The second kappa shape index (κ2) is 5.09. The van der Waals surface area contributed by atoms with Crippen molar-refractivity contribution in [1.29, 1.82) is 0 Å². The predicted molar refractivity (Wildman–Crippen MR) is 55.9 cm³/mol. The van der Waals surface area contributed by atoms with Crippen LogP contribution in [0.5, 0.6) is 0 Å². The first kappa shape index (κ1) is 11.2. The second-order valence-electron chi connectivity index (χ2n) is 3.09. The number of rotatable bonds is 4. The molecule has 0 saturated carbocycles. The molecular formula is C9H14N2O2S. The maximum Gasteiger partial charge on any atom is 0.242 e. The summed E-state index contributed by atoms with van der Waals surface area (Å²) in [7, 11) is 0. The third-order valence-electron chi connectivity index (χ3n) is 1.70. The first-order valence-corrected chi connectivity index (χ1v) is 5.24.